The maximum absolute atomic E-state index is 12.0. The molecular weight excluding hydrogens is 321 g/mol. The summed E-state index contributed by atoms with van der Waals surface area (Å²) in [5.74, 6) is -2.44. The van der Waals surface area contributed by atoms with Gasteiger partial charge in [-0.15, -0.1) is 0 Å². The van der Waals surface area contributed by atoms with E-state index < -0.39 is 5.76 Å². The van der Waals surface area contributed by atoms with Gasteiger partial charge in [0, 0.05) is 3.57 Å². The Balaban J connectivity index is 2.41. The number of hydrogen-bond donors (Lipinski definition) is 1. The Morgan fingerprint density at radius 3 is 2.93 bits per heavy atom. The van der Waals surface area contributed by atoms with Crippen LogP contribution in [0.25, 0.3) is 11.0 Å². The van der Waals surface area contributed by atoms with E-state index in [2.05, 4.69) is 32.6 Å². The van der Waals surface area contributed by atoms with Crippen LogP contribution in [0.1, 0.15) is 0 Å². The highest BCUT2D eigenvalue weighted by molar-refractivity contribution is 14.1. The second kappa shape index (κ2) is 4.01. The Morgan fingerprint density at radius 2 is 2.21 bits per heavy atom. The van der Waals surface area contributed by atoms with Gasteiger partial charge < -0.3 is 4.98 Å². The molecule has 0 fully saturated rings. The number of H-pyrrole nitrogens is 1. The Hall–Kier alpha value is -0.370. The van der Waals surface area contributed by atoms with Crippen molar-refractivity contribution in [3.8, 4) is 0 Å². The molecule has 0 amide bonds. The molecule has 2 rings (SSSR count). The number of fused-ring (bicyclic) bond motifs is 1. The summed E-state index contributed by atoms with van der Waals surface area (Å²) in [6.45, 7) is 0. The number of imidazole rings is 1. The van der Waals surface area contributed by atoms with E-state index in [0.717, 1.165) is 9.09 Å². The zero-order valence-corrected chi connectivity index (χ0v) is 9.77. The number of rotatable bonds is 2. The summed E-state index contributed by atoms with van der Waals surface area (Å²) in [6, 6.07) is 5.57. The monoisotopic (exact) mass is 326 g/mol. The SMILES string of the molecule is FC(F)Sc1nc2ccc(I)cc2[nH]1. The third-order valence-electron chi connectivity index (χ3n) is 1.62. The number of nitrogens with zero attached hydrogens (tertiary/aromatic N) is 1. The van der Waals surface area contributed by atoms with Crippen LogP contribution in [0.5, 0.6) is 0 Å². The van der Waals surface area contributed by atoms with Gasteiger partial charge in [0.15, 0.2) is 5.16 Å². The molecule has 0 spiro atoms. The lowest BCUT2D eigenvalue weighted by atomic mass is 10.3. The summed E-state index contributed by atoms with van der Waals surface area (Å²) in [6.07, 6.45) is 0. The molecule has 0 aliphatic heterocycles. The van der Waals surface area contributed by atoms with Gasteiger partial charge in [0.2, 0.25) is 0 Å². The maximum Gasteiger partial charge on any atom is 0.291 e. The van der Waals surface area contributed by atoms with Gasteiger partial charge in [-0.1, -0.05) is 0 Å². The fourth-order valence-electron chi connectivity index (χ4n) is 1.10. The van der Waals surface area contributed by atoms with Gasteiger partial charge in [-0.2, -0.15) is 8.78 Å². The molecule has 74 valence electrons. The molecule has 2 aromatic rings. The van der Waals surface area contributed by atoms with Gasteiger partial charge in [-0.3, -0.25) is 0 Å². The topological polar surface area (TPSA) is 28.7 Å². The molecule has 0 bridgehead atoms. The van der Waals surface area contributed by atoms with Gasteiger partial charge in [0.05, 0.1) is 11.0 Å². The van der Waals surface area contributed by atoms with E-state index in [1.54, 1.807) is 0 Å². The molecule has 0 radical (unpaired) electrons. The number of aromatic amines is 1. The quantitative estimate of drug-likeness (QED) is 0.676. The molecule has 0 aliphatic carbocycles. The van der Waals surface area contributed by atoms with E-state index in [1.165, 1.54) is 0 Å². The van der Waals surface area contributed by atoms with Crippen LogP contribution in [-0.4, -0.2) is 15.7 Å². The number of benzene rings is 1. The number of hydrogen-bond acceptors (Lipinski definition) is 2. The van der Waals surface area contributed by atoms with Gasteiger partial charge in [-0.25, -0.2) is 4.98 Å². The summed E-state index contributed by atoms with van der Waals surface area (Å²) in [4.78, 5) is 6.85. The molecule has 0 aliphatic rings. The lowest BCUT2D eigenvalue weighted by Crippen LogP contribution is -1.82. The molecular formula is C8H5F2IN2S. The minimum atomic E-state index is -2.44. The third kappa shape index (κ3) is 2.17. The molecule has 0 saturated carbocycles. The fraction of sp³-hybridized carbons (Fsp3) is 0.125. The standard InChI is InChI=1S/C8H5F2IN2S/c9-7(10)14-8-12-5-2-1-4(11)3-6(5)13-8/h1-3,7H,(H,12,13). The van der Waals surface area contributed by atoms with E-state index in [1.807, 2.05) is 18.2 Å². The summed E-state index contributed by atoms with van der Waals surface area (Å²) >= 11 is 2.59. The van der Waals surface area contributed by atoms with Crippen LogP contribution in [0.2, 0.25) is 0 Å². The first kappa shape index (κ1) is 10.2. The number of nitrogens with one attached hydrogen (secondary N) is 1. The summed E-state index contributed by atoms with van der Waals surface area (Å²) < 4.78 is 25.1. The average Bonchev–Trinajstić information content (AvgIpc) is 2.44. The largest absolute Gasteiger partial charge is 0.333 e. The zero-order chi connectivity index (χ0) is 10.1. The van der Waals surface area contributed by atoms with E-state index in [9.17, 15) is 8.78 Å². The van der Waals surface area contributed by atoms with Crippen LogP contribution in [0.15, 0.2) is 23.4 Å². The number of alkyl halides is 2. The van der Waals surface area contributed by atoms with E-state index in [4.69, 9.17) is 0 Å². The highest BCUT2D eigenvalue weighted by atomic mass is 127. The molecule has 1 heterocycles. The smallest absolute Gasteiger partial charge is 0.291 e. The van der Waals surface area contributed by atoms with E-state index >= 15 is 0 Å². The molecule has 1 aromatic carbocycles. The predicted molar refractivity (Wildman–Crippen MR) is 60.7 cm³/mol. The molecule has 0 atom stereocenters. The van der Waals surface area contributed by atoms with Gasteiger partial charge in [0.25, 0.3) is 5.76 Å². The first-order valence-electron chi connectivity index (χ1n) is 3.75. The second-order valence-electron chi connectivity index (χ2n) is 2.58. The lowest BCUT2D eigenvalue weighted by molar-refractivity contribution is 0.251. The van der Waals surface area contributed by atoms with Crippen LogP contribution in [0, 0.1) is 3.57 Å². The number of thioether (sulfide) groups is 1. The minimum Gasteiger partial charge on any atom is -0.333 e. The summed E-state index contributed by atoms with van der Waals surface area (Å²) in [5, 5.41) is 0.261. The van der Waals surface area contributed by atoms with Crippen molar-refractivity contribution in [3.63, 3.8) is 0 Å². The fourth-order valence-corrected chi connectivity index (χ4v) is 2.08. The van der Waals surface area contributed by atoms with Crippen molar-refractivity contribution >= 4 is 45.4 Å². The normalized spacial score (nSPS) is 11.4. The summed E-state index contributed by atoms with van der Waals surface area (Å²) in [5.41, 5.74) is 1.51. The van der Waals surface area contributed by atoms with Crippen molar-refractivity contribution in [1.82, 2.24) is 9.97 Å². The van der Waals surface area contributed by atoms with E-state index in [-0.39, 0.29) is 5.16 Å². The molecule has 2 nitrogen and oxygen atoms in total. The lowest BCUT2D eigenvalue weighted by Gasteiger charge is -1.91. The summed E-state index contributed by atoms with van der Waals surface area (Å²) in [7, 11) is 0. The maximum atomic E-state index is 12.0. The predicted octanol–water partition coefficient (Wildman–Crippen LogP) is 3.48. The van der Waals surface area contributed by atoms with E-state index in [0.29, 0.717) is 17.3 Å². The minimum absolute atomic E-state index is 0.261. The number of aromatic nitrogens is 2. The van der Waals surface area contributed by atoms with Gasteiger partial charge in [0.1, 0.15) is 0 Å². The first-order chi connectivity index (χ1) is 6.65. The van der Waals surface area contributed by atoms with Crippen LogP contribution >= 0.6 is 34.4 Å². The van der Waals surface area contributed by atoms with Crippen LogP contribution in [0.3, 0.4) is 0 Å². The van der Waals surface area contributed by atoms with Crippen molar-refractivity contribution < 1.29 is 8.78 Å². The molecule has 0 saturated heterocycles. The second-order valence-corrected chi connectivity index (χ2v) is 4.81. The average molecular weight is 326 g/mol. The van der Waals surface area contributed by atoms with Gasteiger partial charge in [-0.05, 0) is 52.6 Å². The zero-order valence-electron chi connectivity index (χ0n) is 6.80. The van der Waals surface area contributed by atoms with Crippen molar-refractivity contribution in [2.45, 2.75) is 10.9 Å². The Bertz CT molecular complexity index is 458. The van der Waals surface area contributed by atoms with Crippen LogP contribution < -0.4 is 0 Å². The highest BCUT2D eigenvalue weighted by Gasteiger charge is 2.09. The molecule has 14 heavy (non-hydrogen) atoms. The Labute approximate surface area is 96.6 Å². The Morgan fingerprint density at radius 1 is 1.43 bits per heavy atom. The Kier molecular flexibility index (Phi) is 2.91. The third-order valence-corrected chi connectivity index (χ3v) is 2.89. The molecule has 0 unspecified atom stereocenters. The van der Waals surface area contributed by atoms with Crippen LogP contribution in [-0.2, 0) is 0 Å². The van der Waals surface area contributed by atoms with Crippen molar-refractivity contribution in [2.24, 2.45) is 0 Å². The molecule has 1 N–H and O–H groups in total. The van der Waals surface area contributed by atoms with Crippen molar-refractivity contribution in [2.75, 3.05) is 0 Å². The van der Waals surface area contributed by atoms with Crippen molar-refractivity contribution in [3.05, 3.63) is 21.8 Å². The van der Waals surface area contributed by atoms with Crippen LogP contribution in [0.4, 0.5) is 8.78 Å². The van der Waals surface area contributed by atoms with Crippen molar-refractivity contribution in [1.29, 1.82) is 0 Å². The number of halogens is 3. The van der Waals surface area contributed by atoms with Gasteiger partial charge >= 0.3 is 0 Å². The molecule has 6 heteroatoms. The first-order valence-corrected chi connectivity index (χ1v) is 5.71. The highest BCUT2D eigenvalue weighted by Crippen LogP contribution is 2.25. The molecule has 1 aromatic heterocycles.